The summed E-state index contributed by atoms with van der Waals surface area (Å²) in [6.07, 6.45) is 1.70. The third kappa shape index (κ3) is 4.26. The quantitative estimate of drug-likeness (QED) is 0.490. The van der Waals surface area contributed by atoms with Crippen molar-refractivity contribution in [1.82, 2.24) is 9.78 Å². The van der Waals surface area contributed by atoms with Gasteiger partial charge in [-0.05, 0) is 48.0 Å². The number of nitrogens with two attached hydrogens (primary N) is 1. The van der Waals surface area contributed by atoms with E-state index >= 15 is 0 Å². The minimum atomic E-state index is -0.413. The number of hydrogen-bond donors (Lipinski definition) is 2. The van der Waals surface area contributed by atoms with Gasteiger partial charge in [0.1, 0.15) is 5.69 Å². The van der Waals surface area contributed by atoms with E-state index in [1.165, 1.54) is 0 Å². The van der Waals surface area contributed by atoms with Crippen LogP contribution in [0, 0.1) is 0 Å². The molecule has 0 unspecified atom stereocenters. The van der Waals surface area contributed by atoms with E-state index in [2.05, 4.69) is 10.4 Å². The Hall–Kier alpha value is -3.84. The number of nitrogens with zero attached hydrogens (tertiary/aromatic N) is 2. The van der Waals surface area contributed by atoms with Crippen molar-refractivity contribution >= 4 is 29.1 Å². The van der Waals surface area contributed by atoms with Gasteiger partial charge in [-0.25, -0.2) is 4.68 Å². The van der Waals surface area contributed by atoms with Crippen LogP contribution in [0.3, 0.4) is 0 Å². The topological polar surface area (TPSA) is 103 Å². The van der Waals surface area contributed by atoms with Crippen molar-refractivity contribution in [3.05, 3.63) is 89.3 Å². The van der Waals surface area contributed by atoms with E-state index in [0.29, 0.717) is 27.9 Å². The molecule has 7 nitrogen and oxygen atoms in total. The van der Waals surface area contributed by atoms with Crippen LogP contribution < -0.4 is 11.1 Å². The molecule has 0 spiro atoms. The Bertz CT molecular complexity index is 1200. The molecule has 3 N–H and O–H groups in total. The molecule has 0 aliphatic carbocycles. The zero-order valence-corrected chi connectivity index (χ0v) is 16.5. The third-order valence-electron chi connectivity index (χ3n) is 4.36. The molecule has 8 heteroatoms. The van der Waals surface area contributed by atoms with Crippen LogP contribution >= 0.6 is 11.6 Å². The van der Waals surface area contributed by atoms with Gasteiger partial charge in [-0.15, -0.1) is 0 Å². The predicted octanol–water partition coefficient (Wildman–Crippen LogP) is 4.07. The lowest BCUT2D eigenvalue weighted by Gasteiger charge is -2.06. The lowest BCUT2D eigenvalue weighted by molar-refractivity contribution is -0.117. The fraction of sp³-hybridized carbons (Fsp3) is 0.0455. The van der Waals surface area contributed by atoms with Crippen LogP contribution in [0.2, 0.25) is 5.02 Å². The molecule has 0 saturated carbocycles. The van der Waals surface area contributed by atoms with E-state index in [1.807, 2.05) is 6.07 Å². The normalized spacial score (nSPS) is 10.7. The van der Waals surface area contributed by atoms with E-state index < -0.39 is 5.91 Å². The summed E-state index contributed by atoms with van der Waals surface area (Å²) < 4.78 is 7.11. The molecule has 0 aliphatic rings. The van der Waals surface area contributed by atoms with Gasteiger partial charge in [-0.3, -0.25) is 9.59 Å². The van der Waals surface area contributed by atoms with Crippen LogP contribution in [-0.4, -0.2) is 21.6 Å². The fourth-order valence-electron chi connectivity index (χ4n) is 3.00. The first-order chi connectivity index (χ1) is 14.5. The first-order valence-corrected chi connectivity index (χ1v) is 9.46. The average Bonchev–Trinajstić information content (AvgIpc) is 3.39. The van der Waals surface area contributed by atoms with E-state index in [0.717, 1.165) is 5.56 Å². The van der Waals surface area contributed by atoms with Gasteiger partial charge in [0.05, 0.1) is 18.4 Å². The van der Waals surface area contributed by atoms with Gasteiger partial charge < -0.3 is 15.5 Å². The summed E-state index contributed by atoms with van der Waals surface area (Å²) in [5.41, 5.74) is 8.07. The Balaban J connectivity index is 1.63. The van der Waals surface area contributed by atoms with Crippen molar-refractivity contribution in [2.75, 3.05) is 5.32 Å². The van der Waals surface area contributed by atoms with Crippen molar-refractivity contribution in [3.63, 3.8) is 0 Å². The van der Waals surface area contributed by atoms with Gasteiger partial charge in [0.15, 0.2) is 11.5 Å². The second-order valence-corrected chi connectivity index (χ2v) is 7.01. The highest BCUT2D eigenvalue weighted by molar-refractivity contribution is 6.30. The molecule has 0 aliphatic heterocycles. The Morgan fingerprint density at radius 3 is 2.53 bits per heavy atom. The SMILES string of the molecule is NC(=O)Cc1ccc(NC(=O)c2cc(-c3ccco3)n(-c3cccc(Cl)c3)n2)cc1. The van der Waals surface area contributed by atoms with Crippen LogP contribution in [-0.2, 0) is 11.2 Å². The number of primary amides is 1. The fourth-order valence-corrected chi connectivity index (χ4v) is 3.18. The van der Waals surface area contributed by atoms with Crippen LogP contribution in [0.5, 0.6) is 0 Å². The lowest BCUT2D eigenvalue weighted by Crippen LogP contribution is -2.14. The van der Waals surface area contributed by atoms with E-state index in [-0.39, 0.29) is 18.0 Å². The molecule has 4 aromatic rings. The molecule has 150 valence electrons. The number of rotatable bonds is 6. The molecule has 0 atom stereocenters. The molecule has 2 aromatic carbocycles. The Morgan fingerprint density at radius 2 is 1.87 bits per heavy atom. The number of aromatic nitrogens is 2. The van der Waals surface area contributed by atoms with Gasteiger partial charge in [0.2, 0.25) is 5.91 Å². The molecule has 2 heterocycles. The number of benzene rings is 2. The number of anilines is 1. The molecule has 0 bridgehead atoms. The van der Waals surface area contributed by atoms with Crippen LogP contribution in [0.25, 0.3) is 17.1 Å². The number of carbonyl (C=O) groups is 2. The summed E-state index contributed by atoms with van der Waals surface area (Å²) in [7, 11) is 0. The standard InChI is InChI=1S/C22H17ClN4O3/c23-15-3-1-4-17(12-15)27-19(20-5-2-10-30-20)13-18(26-27)22(29)25-16-8-6-14(7-9-16)11-21(24)28/h1-10,12-13H,11H2,(H2,24,28)(H,25,29). The molecule has 30 heavy (non-hydrogen) atoms. The van der Waals surface area contributed by atoms with Crippen molar-refractivity contribution in [3.8, 4) is 17.1 Å². The molecule has 0 radical (unpaired) electrons. The zero-order chi connectivity index (χ0) is 21.1. The summed E-state index contributed by atoms with van der Waals surface area (Å²) in [5.74, 6) is -0.229. The summed E-state index contributed by atoms with van der Waals surface area (Å²) in [6, 6.07) is 19.2. The van der Waals surface area contributed by atoms with Crippen molar-refractivity contribution in [1.29, 1.82) is 0 Å². The number of furan rings is 1. The highest BCUT2D eigenvalue weighted by Crippen LogP contribution is 2.26. The highest BCUT2D eigenvalue weighted by Gasteiger charge is 2.18. The minimum absolute atomic E-state index is 0.144. The average molecular weight is 421 g/mol. The maximum Gasteiger partial charge on any atom is 0.276 e. The largest absolute Gasteiger partial charge is 0.463 e. The number of carbonyl (C=O) groups excluding carboxylic acids is 2. The summed E-state index contributed by atoms with van der Waals surface area (Å²) in [6.45, 7) is 0. The molecule has 2 amide bonds. The molecule has 0 saturated heterocycles. The summed E-state index contributed by atoms with van der Waals surface area (Å²) in [5, 5.41) is 7.81. The van der Waals surface area contributed by atoms with Gasteiger partial charge >= 0.3 is 0 Å². The lowest BCUT2D eigenvalue weighted by atomic mass is 10.1. The van der Waals surface area contributed by atoms with Crippen LogP contribution in [0.1, 0.15) is 16.1 Å². The number of nitrogens with one attached hydrogen (secondary N) is 1. The maximum absolute atomic E-state index is 12.8. The molecule has 4 rings (SSSR count). The van der Waals surface area contributed by atoms with Crippen LogP contribution in [0.4, 0.5) is 5.69 Å². The van der Waals surface area contributed by atoms with E-state index in [1.54, 1.807) is 71.6 Å². The second-order valence-electron chi connectivity index (χ2n) is 6.58. The van der Waals surface area contributed by atoms with Gasteiger partial charge in [-0.1, -0.05) is 29.8 Å². The Kier molecular flexibility index (Phi) is 5.36. The second kappa shape index (κ2) is 8.26. The predicted molar refractivity (Wildman–Crippen MR) is 114 cm³/mol. The van der Waals surface area contributed by atoms with E-state index in [9.17, 15) is 9.59 Å². The van der Waals surface area contributed by atoms with Gasteiger partial charge in [0, 0.05) is 16.8 Å². The minimum Gasteiger partial charge on any atom is -0.463 e. The molecular weight excluding hydrogens is 404 g/mol. The zero-order valence-electron chi connectivity index (χ0n) is 15.7. The maximum atomic E-state index is 12.8. The number of hydrogen-bond acceptors (Lipinski definition) is 4. The smallest absolute Gasteiger partial charge is 0.276 e. The summed E-state index contributed by atoms with van der Waals surface area (Å²) >= 11 is 6.12. The highest BCUT2D eigenvalue weighted by atomic mass is 35.5. The Morgan fingerprint density at radius 1 is 1.07 bits per heavy atom. The van der Waals surface area contributed by atoms with Crippen LogP contribution in [0.15, 0.2) is 77.4 Å². The van der Waals surface area contributed by atoms with Crippen molar-refractivity contribution in [2.24, 2.45) is 5.73 Å². The van der Waals surface area contributed by atoms with Crippen molar-refractivity contribution < 1.29 is 14.0 Å². The first kappa shape index (κ1) is 19.5. The molecular formula is C22H17ClN4O3. The summed E-state index contributed by atoms with van der Waals surface area (Å²) in [4.78, 5) is 23.8. The van der Waals surface area contributed by atoms with Crippen molar-refractivity contribution in [2.45, 2.75) is 6.42 Å². The monoisotopic (exact) mass is 420 g/mol. The number of halogens is 1. The van der Waals surface area contributed by atoms with E-state index in [4.69, 9.17) is 21.8 Å². The molecule has 2 aromatic heterocycles. The number of amides is 2. The Labute approximate surface area is 177 Å². The van der Waals surface area contributed by atoms with Gasteiger partial charge in [0.25, 0.3) is 5.91 Å². The third-order valence-corrected chi connectivity index (χ3v) is 4.59. The molecule has 0 fully saturated rings. The van der Waals surface area contributed by atoms with Gasteiger partial charge in [-0.2, -0.15) is 5.10 Å². The first-order valence-electron chi connectivity index (χ1n) is 9.08.